The number of anilines is 2. The largest absolute Gasteiger partial charge is 0.390 e. The van der Waals surface area contributed by atoms with Gasteiger partial charge in [-0.2, -0.15) is 0 Å². The van der Waals surface area contributed by atoms with Gasteiger partial charge >= 0.3 is 0 Å². The molecule has 0 aliphatic rings. The van der Waals surface area contributed by atoms with Gasteiger partial charge in [0.1, 0.15) is 0 Å². The maximum Gasteiger partial charge on any atom is 0.255 e. The Bertz CT molecular complexity index is 702. The van der Waals surface area contributed by atoms with Crippen molar-refractivity contribution in [1.29, 1.82) is 0 Å². The van der Waals surface area contributed by atoms with Crippen molar-refractivity contribution in [2.45, 2.75) is 6.10 Å². The summed E-state index contributed by atoms with van der Waals surface area (Å²) in [5.74, 6) is -0.633. The number of nitrogens with one attached hydrogen (secondary N) is 2. The molecule has 0 fully saturated rings. The molecule has 7 heteroatoms. The second-order valence-electron chi connectivity index (χ2n) is 5.16. The zero-order valence-electron chi connectivity index (χ0n) is 12.8. The van der Waals surface area contributed by atoms with Crippen molar-refractivity contribution in [2.24, 2.45) is 5.73 Å². The molecular weight excluding hydrogens is 330 g/mol. The minimum Gasteiger partial charge on any atom is -0.390 e. The van der Waals surface area contributed by atoms with E-state index in [-0.39, 0.29) is 11.8 Å². The molecule has 0 saturated carbocycles. The molecule has 0 heterocycles. The van der Waals surface area contributed by atoms with Gasteiger partial charge in [0.25, 0.3) is 5.91 Å². The van der Waals surface area contributed by atoms with Gasteiger partial charge in [-0.1, -0.05) is 0 Å². The van der Waals surface area contributed by atoms with Gasteiger partial charge in [0.05, 0.1) is 12.0 Å². The summed E-state index contributed by atoms with van der Waals surface area (Å²) in [5, 5.41) is 15.1. The van der Waals surface area contributed by atoms with Gasteiger partial charge in [-0.15, -0.1) is 11.6 Å². The highest BCUT2D eigenvalue weighted by Crippen LogP contribution is 2.14. The molecule has 2 amide bonds. The number of hydrogen-bond donors (Lipinski definition) is 4. The van der Waals surface area contributed by atoms with E-state index in [1.165, 1.54) is 0 Å². The van der Waals surface area contributed by atoms with Crippen molar-refractivity contribution in [2.75, 3.05) is 23.1 Å². The number of hydrogen-bond acceptors (Lipinski definition) is 4. The SMILES string of the molecule is NC(=O)c1ccc(NC(=O)c2ccc(NCC(O)CCl)cc2)cc1. The summed E-state index contributed by atoms with van der Waals surface area (Å²) < 4.78 is 0. The number of aliphatic hydroxyl groups excluding tert-OH is 1. The van der Waals surface area contributed by atoms with Gasteiger partial charge in [-0.05, 0) is 48.5 Å². The average Bonchev–Trinajstić information content (AvgIpc) is 2.60. The van der Waals surface area contributed by atoms with Crippen LogP contribution in [0.3, 0.4) is 0 Å². The predicted molar refractivity (Wildman–Crippen MR) is 94.6 cm³/mol. The van der Waals surface area contributed by atoms with Gasteiger partial charge in [0.2, 0.25) is 5.91 Å². The van der Waals surface area contributed by atoms with E-state index in [4.69, 9.17) is 17.3 Å². The number of carbonyl (C=O) groups is 2. The number of halogens is 1. The van der Waals surface area contributed by atoms with Gasteiger partial charge in [0.15, 0.2) is 0 Å². The van der Waals surface area contributed by atoms with Crippen LogP contribution < -0.4 is 16.4 Å². The first-order chi connectivity index (χ1) is 11.5. The maximum atomic E-state index is 12.2. The first-order valence-electron chi connectivity index (χ1n) is 7.29. The molecule has 0 bridgehead atoms. The van der Waals surface area contributed by atoms with Crippen molar-refractivity contribution >= 4 is 34.8 Å². The summed E-state index contributed by atoms with van der Waals surface area (Å²) in [7, 11) is 0. The lowest BCUT2D eigenvalue weighted by molar-refractivity contribution is 0.0998. The van der Waals surface area contributed by atoms with E-state index in [9.17, 15) is 14.7 Å². The summed E-state index contributed by atoms with van der Waals surface area (Å²) in [4.78, 5) is 23.2. The zero-order valence-corrected chi connectivity index (χ0v) is 13.6. The number of amides is 2. The Balaban J connectivity index is 1.95. The molecule has 0 saturated heterocycles. The molecule has 0 aliphatic carbocycles. The molecule has 5 N–H and O–H groups in total. The number of alkyl halides is 1. The lowest BCUT2D eigenvalue weighted by Gasteiger charge is -2.10. The van der Waals surface area contributed by atoms with Crippen LogP contribution in [-0.2, 0) is 0 Å². The van der Waals surface area contributed by atoms with Gasteiger partial charge in [-0.3, -0.25) is 9.59 Å². The molecule has 1 unspecified atom stereocenters. The third kappa shape index (κ3) is 4.97. The van der Waals surface area contributed by atoms with Crippen LogP contribution in [0.25, 0.3) is 0 Å². The van der Waals surface area contributed by atoms with Crippen LogP contribution in [0, 0.1) is 0 Å². The molecule has 126 valence electrons. The average molecular weight is 348 g/mol. The number of primary amides is 1. The molecule has 0 radical (unpaired) electrons. The van der Waals surface area contributed by atoms with Gasteiger partial charge in [-0.25, -0.2) is 0 Å². The summed E-state index contributed by atoms with van der Waals surface area (Å²) in [6.45, 7) is 0.335. The molecule has 0 aromatic heterocycles. The van der Waals surface area contributed by atoms with Crippen molar-refractivity contribution in [3.8, 4) is 0 Å². The van der Waals surface area contributed by atoms with Crippen LogP contribution in [0.15, 0.2) is 48.5 Å². The standard InChI is InChI=1S/C17H18ClN3O3/c18-9-15(22)10-20-13-5-3-12(4-6-13)17(24)21-14-7-1-11(2-8-14)16(19)23/h1-8,15,20,22H,9-10H2,(H2,19,23)(H,21,24). The smallest absolute Gasteiger partial charge is 0.255 e. The second kappa shape index (κ2) is 8.33. The third-order valence-electron chi connectivity index (χ3n) is 3.29. The Labute approximate surface area is 144 Å². The Morgan fingerprint density at radius 1 is 1.00 bits per heavy atom. The Morgan fingerprint density at radius 2 is 1.54 bits per heavy atom. The Kier molecular flexibility index (Phi) is 6.17. The first kappa shape index (κ1) is 17.8. The van der Waals surface area contributed by atoms with Crippen LogP contribution >= 0.6 is 11.6 Å². The minimum absolute atomic E-state index is 0.155. The Morgan fingerprint density at radius 3 is 2.08 bits per heavy atom. The highest BCUT2D eigenvalue weighted by molar-refractivity contribution is 6.18. The van der Waals surface area contributed by atoms with E-state index < -0.39 is 12.0 Å². The van der Waals surface area contributed by atoms with Crippen LogP contribution in [0.1, 0.15) is 20.7 Å². The molecule has 2 aromatic carbocycles. The molecule has 6 nitrogen and oxygen atoms in total. The monoisotopic (exact) mass is 347 g/mol. The van der Waals surface area contributed by atoms with E-state index in [1.807, 2.05) is 0 Å². The number of carbonyl (C=O) groups excluding carboxylic acids is 2. The minimum atomic E-state index is -0.627. The summed E-state index contributed by atoms with van der Waals surface area (Å²) >= 11 is 5.52. The fourth-order valence-corrected chi connectivity index (χ4v) is 2.06. The molecular formula is C17H18ClN3O3. The summed E-state index contributed by atoms with van der Waals surface area (Å²) in [6, 6.07) is 13.1. The van der Waals surface area contributed by atoms with Crippen LogP contribution in [-0.4, -0.2) is 35.4 Å². The number of rotatable bonds is 7. The highest BCUT2D eigenvalue weighted by Gasteiger charge is 2.07. The maximum absolute atomic E-state index is 12.2. The van der Waals surface area contributed by atoms with Crippen LogP contribution in [0.5, 0.6) is 0 Å². The van der Waals surface area contributed by atoms with Crippen molar-refractivity contribution in [1.82, 2.24) is 0 Å². The van der Waals surface area contributed by atoms with E-state index in [2.05, 4.69) is 10.6 Å². The quantitative estimate of drug-likeness (QED) is 0.575. The van der Waals surface area contributed by atoms with Crippen molar-refractivity contribution < 1.29 is 14.7 Å². The molecule has 24 heavy (non-hydrogen) atoms. The fourth-order valence-electron chi connectivity index (χ4n) is 1.95. The Hall–Kier alpha value is -2.57. The number of nitrogens with two attached hydrogens (primary N) is 1. The van der Waals surface area contributed by atoms with E-state index in [1.54, 1.807) is 48.5 Å². The normalized spacial score (nSPS) is 11.6. The molecule has 2 aromatic rings. The third-order valence-corrected chi connectivity index (χ3v) is 3.65. The fraction of sp³-hybridized carbons (Fsp3) is 0.176. The molecule has 0 aliphatic heterocycles. The van der Waals surface area contributed by atoms with E-state index >= 15 is 0 Å². The first-order valence-corrected chi connectivity index (χ1v) is 7.82. The van der Waals surface area contributed by atoms with Gasteiger partial charge < -0.3 is 21.5 Å². The molecule has 2 rings (SSSR count). The summed E-state index contributed by atoms with van der Waals surface area (Å²) in [6.07, 6.45) is -0.627. The molecule has 0 spiro atoms. The van der Waals surface area contributed by atoms with Crippen LogP contribution in [0.2, 0.25) is 0 Å². The second-order valence-corrected chi connectivity index (χ2v) is 5.47. The van der Waals surface area contributed by atoms with Crippen molar-refractivity contribution in [3.63, 3.8) is 0 Å². The number of benzene rings is 2. The van der Waals surface area contributed by atoms with Gasteiger partial charge in [0, 0.05) is 29.0 Å². The highest BCUT2D eigenvalue weighted by atomic mass is 35.5. The topological polar surface area (TPSA) is 104 Å². The zero-order chi connectivity index (χ0) is 17.5. The van der Waals surface area contributed by atoms with E-state index in [0.717, 1.165) is 5.69 Å². The van der Waals surface area contributed by atoms with Crippen LogP contribution in [0.4, 0.5) is 11.4 Å². The predicted octanol–water partition coefficient (Wildman–Crippen LogP) is 2.05. The van der Waals surface area contributed by atoms with Crippen molar-refractivity contribution in [3.05, 3.63) is 59.7 Å². The van der Waals surface area contributed by atoms with E-state index in [0.29, 0.717) is 23.4 Å². The molecule has 1 atom stereocenters. The lowest BCUT2D eigenvalue weighted by atomic mass is 10.1. The lowest BCUT2D eigenvalue weighted by Crippen LogP contribution is -2.20. The number of aliphatic hydroxyl groups is 1. The summed E-state index contributed by atoms with van der Waals surface area (Å²) in [5.41, 5.74) is 7.37.